The summed E-state index contributed by atoms with van der Waals surface area (Å²) in [6.07, 6.45) is 4.42. The van der Waals surface area contributed by atoms with E-state index in [1.807, 2.05) is 18.2 Å². The van der Waals surface area contributed by atoms with Crippen molar-refractivity contribution in [1.29, 1.82) is 0 Å². The SMILES string of the molecule is CCCc1c(Cc2ccccc2)ccc2c(=O)occc12. The predicted molar refractivity (Wildman–Crippen MR) is 85.7 cm³/mol. The summed E-state index contributed by atoms with van der Waals surface area (Å²) in [5.74, 6) is 0. The number of rotatable bonds is 4. The number of fused-ring (bicyclic) bond motifs is 1. The molecule has 0 aliphatic heterocycles. The van der Waals surface area contributed by atoms with Crippen LogP contribution in [-0.4, -0.2) is 0 Å². The zero-order chi connectivity index (χ0) is 14.7. The van der Waals surface area contributed by atoms with Gasteiger partial charge in [0.15, 0.2) is 0 Å². The summed E-state index contributed by atoms with van der Waals surface area (Å²) in [5.41, 5.74) is 3.60. The minimum absolute atomic E-state index is 0.254. The first-order valence-corrected chi connectivity index (χ1v) is 7.36. The van der Waals surface area contributed by atoms with Crippen LogP contribution in [0.4, 0.5) is 0 Å². The third-order valence-corrected chi connectivity index (χ3v) is 3.82. The number of hydrogen-bond acceptors (Lipinski definition) is 2. The zero-order valence-corrected chi connectivity index (χ0v) is 12.1. The molecular weight excluding hydrogens is 260 g/mol. The highest BCUT2D eigenvalue weighted by atomic mass is 16.4. The Labute approximate surface area is 124 Å². The van der Waals surface area contributed by atoms with Crippen LogP contribution in [0.1, 0.15) is 30.0 Å². The predicted octanol–water partition coefficient (Wildman–Crippen LogP) is 4.34. The van der Waals surface area contributed by atoms with Crippen LogP contribution < -0.4 is 5.63 Å². The van der Waals surface area contributed by atoms with Crippen LogP contribution in [0.25, 0.3) is 10.8 Å². The van der Waals surface area contributed by atoms with E-state index >= 15 is 0 Å². The van der Waals surface area contributed by atoms with E-state index in [0.717, 1.165) is 24.6 Å². The molecule has 0 aliphatic rings. The van der Waals surface area contributed by atoms with Gasteiger partial charge in [0.2, 0.25) is 0 Å². The number of benzene rings is 2. The van der Waals surface area contributed by atoms with Crippen LogP contribution in [-0.2, 0) is 12.8 Å². The van der Waals surface area contributed by atoms with Crippen molar-refractivity contribution in [2.45, 2.75) is 26.2 Å². The minimum Gasteiger partial charge on any atom is -0.431 e. The average molecular weight is 278 g/mol. The van der Waals surface area contributed by atoms with Gasteiger partial charge in [0, 0.05) is 0 Å². The van der Waals surface area contributed by atoms with Gasteiger partial charge >= 0.3 is 5.63 Å². The first kappa shape index (κ1) is 13.6. The Kier molecular flexibility index (Phi) is 3.87. The third-order valence-electron chi connectivity index (χ3n) is 3.82. The van der Waals surface area contributed by atoms with Gasteiger partial charge < -0.3 is 4.42 Å². The van der Waals surface area contributed by atoms with E-state index in [1.165, 1.54) is 23.0 Å². The van der Waals surface area contributed by atoms with Crippen molar-refractivity contribution in [3.63, 3.8) is 0 Å². The third kappa shape index (κ3) is 2.75. The lowest BCUT2D eigenvalue weighted by Crippen LogP contribution is -2.03. The van der Waals surface area contributed by atoms with Crippen molar-refractivity contribution in [1.82, 2.24) is 0 Å². The molecular formula is C19H18O2. The second-order valence-corrected chi connectivity index (χ2v) is 5.28. The summed E-state index contributed by atoms with van der Waals surface area (Å²) < 4.78 is 4.98. The summed E-state index contributed by atoms with van der Waals surface area (Å²) in [6, 6.07) is 16.3. The summed E-state index contributed by atoms with van der Waals surface area (Å²) in [4.78, 5) is 11.8. The molecule has 0 spiro atoms. The Hall–Kier alpha value is -2.35. The molecule has 0 bridgehead atoms. The van der Waals surface area contributed by atoms with Gasteiger partial charge in [0.25, 0.3) is 0 Å². The summed E-state index contributed by atoms with van der Waals surface area (Å²) in [7, 11) is 0. The van der Waals surface area contributed by atoms with Crippen LogP contribution >= 0.6 is 0 Å². The average Bonchev–Trinajstić information content (AvgIpc) is 2.51. The first-order valence-electron chi connectivity index (χ1n) is 7.36. The first-order chi connectivity index (χ1) is 10.3. The van der Waals surface area contributed by atoms with E-state index < -0.39 is 0 Å². The fourth-order valence-corrected chi connectivity index (χ4v) is 2.83. The molecule has 3 aromatic rings. The maximum absolute atomic E-state index is 11.8. The van der Waals surface area contributed by atoms with Crippen LogP contribution in [0.5, 0.6) is 0 Å². The van der Waals surface area contributed by atoms with Gasteiger partial charge in [-0.3, -0.25) is 0 Å². The molecule has 0 aliphatic carbocycles. The van der Waals surface area contributed by atoms with Gasteiger partial charge in [0.1, 0.15) is 0 Å². The van der Waals surface area contributed by atoms with Gasteiger partial charge in [-0.05, 0) is 47.1 Å². The topological polar surface area (TPSA) is 30.2 Å². The van der Waals surface area contributed by atoms with Crippen LogP contribution in [0, 0.1) is 0 Å². The largest absolute Gasteiger partial charge is 0.431 e. The highest BCUT2D eigenvalue weighted by Gasteiger charge is 2.10. The molecule has 0 N–H and O–H groups in total. The van der Waals surface area contributed by atoms with Crippen molar-refractivity contribution in [3.8, 4) is 0 Å². The molecule has 1 heterocycles. The minimum atomic E-state index is -0.254. The fraction of sp³-hybridized carbons (Fsp3) is 0.211. The molecule has 0 amide bonds. The van der Waals surface area contributed by atoms with Gasteiger partial charge in [-0.25, -0.2) is 4.79 Å². The quantitative estimate of drug-likeness (QED) is 0.710. The van der Waals surface area contributed by atoms with Crippen molar-refractivity contribution in [2.24, 2.45) is 0 Å². The van der Waals surface area contributed by atoms with Crippen molar-refractivity contribution in [3.05, 3.63) is 81.9 Å². The maximum Gasteiger partial charge on any atom is 0.343 e. The standard InChI is InChI=1S/C19H18O2/c1-2-6-16-15(13-14-7-4-3-5-8-14)9-10-18-17(16)11-12-21-19(18)20/h3-5,7-12H,2,6,13H2,1H3. The normalized spacial score (nSPS) is 10.9. The number of hydrogen-bond donors (Lipinski definition) is 0. The van der Waals surface area contributed by atoms with Crippen LogP contribution in [0.15, 0.2) is 64.0 Å². The highest BCUT2D eigenvalue weighted by Crippen LogP contribution is 2.24. The molecule has 2 nitrogen and oxygen atoms in total. The van der Waals surface area contributed by atoms with E-state index in [1.54, 1.807) is 0 Å². The second-order valence-electron chi connectivity index (χ2n) is 5.28. The summed E-state index contributed by atoms with van der Waals surface area (Å²) >= 11 is 0. The summed E-state index contributed by atoms with van der Waals surface area (Å²) in [5, 5.41) is 1.71. The van der Waals surface area contributed by atoms with Gasteiger partial charge in [-0.15, -0.1) is 0 Å². The highest BCUT2D eigenvalue weighted by molar-refractivity contribution is 5.85. The van der Waals surface area contributed by atoms with Gasteiger partial charge in [-0.2, -0.15) is 0 Å². The molecule has 0 saturated carbocycles. The molecule has 0 radical (unpaired) electrons. The van der Waals surface area contributed by atoms with Crippen molar-refractivity contribution >= 4 is 10.8 Å². The Morgan fingerprint density at radius 2 is 1.76 bits per heavy atom. The molecule has 3 rings (SSSR count). The van der Waals surface area contributed by atoms with E-state index in [-0.39, 0.29) is 5.63 Å². The van der Waals surface area contributed by atoms with Crippen molar-refractivity contribution in [2.75, 3.05) is 0 Å². The Morgan fingerprint density at radius 3 is 2.52 bits per heavy atom. The molecule has 1 aromatic heterocycles. The van der Waals surface area contributed by atoms with E-state index in [9.17, 15) is 4.79 Å². The summed E-state index contributed by atoms with van der Waals surface area (Å²) in [6.45, 7) is 2.16. The lowest BCUT2D eigenvalue weighted by molar-refractivity contribution is 0.519. The molecule has 2 heteroatoms. The van der Waals surface area contributed by atoms with Crippen molar-refractivity contribution < 1.29 is 4.42 Å². The molecule has 0 unspecified atom stereocenters. The Balaban J connectivity index is 2.14. The molecule has 0 fully saturated rings. The van der Waals surface area contributed by atoms with E-state index in [2.05, 4.69) is 37.3 Å². The molecule has 106 valence electrons. The van der Waals surface area contributed by atoms with Gasteiger partial charge in [-0.1, -0.05) is 49.7 Å². The Bertz CT molecular complexity index is 801. The van der Waals surface area contributed by atoms with Crippen LogP contribution in [0.3, 0.4) is 0 Å². The molecule has 2 aromatic carbocycles. The molecule has 0 atom stereocenters. The zero-order valence-electron chi connectivity index (χ0n) is 12.1. The van der Waals surface area contributed by atoms with E-state index in [0.29, 0.717) is 5.39 Å². The second kappa shape index (κ2) is 5.96. The smallest absolute Gasteiger partial charge is 0.343 e. The fourth-order valence-electron chi connectivity index (χ4n) is 2.83. The van der Waals surface area contributed by atoms with Gasteiger partial charge in [0.05, 0.1) is 11.6 Å². The van der Waals surface area contributed by atoms with Crippen LogP contribution in [0.2, 0.25) is 0 Å². The number of aryl methyl sites for hydroxylation is 1. The lowest BCUT2D eigenvalue weighted by atomic mass is 9.93. The molecule has 0 saturated heterocycles. The maximum atomic E-state index is 11.8. The monoisotopic (exact) mass is 278 g/mol. The molecule has 21 heavy (non-hydrogen) atoms. The Morgan fingerprint density at radius 1 is 0.952 bits per heavy atom. The van der Waals surface area contributed by atoms with E-state index in [4.69, 9.17) is 4.42 Å². The lowest BCUT2D eigenvalue weighted by Gasteiger charge is -2.12.